The Morgan fingerprint density at radius 2 is 2.20 bits per heavy atom. The van der Waals surface area contributed by atoms with Gasteiger partial charge in [0.1, 0.15) is 0 Å². The van der Waals surface area contributed by atoms with Gasteiger partial charge in [-0.1, -0.05) is 0 Å². The number of nitrogens with two attached hydrogens (primary N) is 1. The molecule has 0 unspecified atom stereocenters. The first kappa shape index (κ1) is 11.8. The predicted octanol–water partition coefficient (Wildman–Crippen LogP) is 0.689. The Morgan fingerprint density at radius 1 is 1.35 bits per heavy atom. The molecule has 3 aromatic rings. The Balaban J connectivity index is 1.79. The number of hydrogen-bond acceptors (Lipinski definition) is 7. The first-order valence-electron chi connectivity index (χ1n) is 5.58. The van der Waals surface area contributed by atoms with Gasteiger partial charge in [-0.15, -0.1) is 5.10 Å². The van der Waals surface area contributed by atoms with Crippen molar-refractivity contribution in [3.8, 4) is 11.6 Å². The molecule has 1 amide bonds. The van der Waals surface area contributed by atoms with Gasteiger partial charge in [-0.3, -0.25) is 15.2 Å². The van der Waals surface area contributed by atoms with E-state index in [1.54, 1.807) is 12.1 Å². The van der Waals surface area contributed by atoms with Crippen molar-refractivity contribution in [2.24, 2.45) is 0 Å². The van der Waals surface area contributed by atoms with Crippen LogP contribution in [0, 0.1) is 0 Å². The monoisotopic (exact) mass is 271 g/mol. The van der Waals surface area contributed by atoms with E-state index in [9.17, 15) is 4.79 Å². The van der Waals surface area contributed by atoms with Gasteiger partial charge < -0.3 is 10.2 Å². The summed E-state index contributed by atoms with van der Waals surface area (Å²) in [6.45, 7) is 0. The predicted molar refractivity (Wildman–Crippen MR) is 68.5 cm³/mol. The lowest BCUT2D eigenvalue weighted by Gasteiger charge is -2.01. The molecule has 3 aromatic heterocycles. The Labute approximate surface area is 112 Å². The second-order valence-corrected chi connectivity index (χ2v) is 3.73. The van der Waals surface area contributed by atoms with Crippen LogP contribution in [0.4, 0.5) is 11.8 Å². The van der Waals surface area contributed by atoms with Gasteiger partial charge >= 0.3 is 0 Å². The molecule has 100 valence electrons. The SMILES string of the molecule is Nc1nccnc1C(=O)Nc1n[nH]c(-c2ccco2)n1. The summed E-state index contributed by atoms with van der Waals surface area (Å²) in [6, 6.07) is 3.43. The van der Waals surface area contributed by atoms with Crippen LogP contribution in [0.5, 0.6) is 0 Å². The molecule has 0 aliphatic heterocycles. The quantitative estimate of drug-likeness (QED) is 0.637. The summed E-state index contributed by atoms with van der Waals surface area (Å²) in [5, 5.41) is 8.96. The fourth-order valence-corrected chi connectivity index (χ4v) is 1.53. The van der Waals surface area contributed by atoms with Crippen molar-refractivity contribution in [2.75, 3.05) is 11.1 Å². The molecule has 0 saturated heterocycles. The van der Waals surface area contributed by atoms with E-state index in [4.69, 9.17) is 10.2 Å². The number of aromatic amines is 1. The van der Waals surface area contributed by atoms with Crippen molar-refractivity contribution in [3.63, 3.8) is 0 Å². The fraction of sp³-hybridized carbons (Fsp3) is 0. The van der Waals surface area contributed by atoms with Crippen LogP contribution in [-0.4, -0.2) is 31.1 Å². The van der Waals surface area contributed by atoms with Crippen molar-refractivity contribution >= 4 is 17.7 Å². The summed E-state index contributed by atoms with van der Waals surface area (Å²) in [6.07, 6.45) is 4.28. The lowest BCUT2D eigenvalue weighted by atomic mass is 10.4. The topological polar surface area (TPSA) is 136 Å². The number of nitrogens with one attached hydrogen (secondary N) is 2. The molecule has 9 nitrogen and oxygen atoms in total. The molecular formula is C11H9N7O2. The van der Waals surface area contributed by atoms with Crippen molar-refractivity contribution in [1.82, 2.24) is 25.1 Å². The Hall–Kier alpha value is -3.23. The van der Waals surface area contributed by atoms with E-state index in [1.165, 1.54) is 18.7 Å². The molecule has 0 spiro atoms. The summed E-state index contributed by atoms with van der Waals surface area (Å²) in [4.78, 5) is 23.6. The van der Waals surface area contributed by atoms with E-state index in [2.05, 4.69) is 30.5 Å². The number of amides is 1. The maximum absolute atomic E-state index is 11.9. The van der Waals surface area contributed by atoms with Crippen LogP contribution in [0.15, 0.2) is 35.2 Å². The maximum Gasteiger partial charge on any atom is 0.280 e. The van der Waals surface area contributed by atoms with E-state index in [-0.39, 0.29) is 17.5 Å². The number of carbonyl (C=O) groups excluding carboxylic acids is 1. The number of H-pyrrole nitrogens is 1. The zero-order valence-electron chi connectivity index (χ0n) is 10.1. The molecule has 4 N–H and O–H groups in total. The van der Waals surface area contributed by atoms with Gasteiger partial charge in [0.05, 0.1) is 6.26 Å². The van der Waals surface area contributed by atoms with Crippen molar-refractivity contribution in [3.05, 3.63) is 36.5 Å². The summed E-state index contributed by atoms with van der Waals surface area (Å²) in [5.74, 6) is 0.494. The number of nitrogens with zero attached hydrogens (tertiary/aromatic N) is 4. The third-order valence-corrected chi connectivity index (χ3v) is 2.41. The molecule has 3 rings (SSSR count). The Morgan fingerprint density at radius 3 is 2.95 bits per heavy atom. The van der Waals surface area contributed by atoms with Gasteiger partial charge in [0, 0.05) is 12.4 Å². The summed E-state index contributed by atoms with van der Waals surface area (Å²) in [5.41, 5.74) is 5.57. The number of furan rings is 1. The molecule has 0 fully saturated rings. The highest BCUT2D eigenvalue weighted by molar-refractivity contribution is 6.04. The molecule has 0 aromatic carbocycles. The second kappa shape index (κ2) is 4.80. The van der Waals surface area contributed by atoms with Crippen molar-refractivity contribution in [1.29, 1.82) is 0 Å². The molecular weight excluding hydrogens is 262 g/mol. The lowest BCUT2D eigenvalue weighted by Crippen LogP contribution is -2.17. The van der Waals surface area contributed by atoms with Crippen molar-refractivity contribution in [2.45, 2.75) is 0 Å². The van der Waals surface area contributed by atoms with E-state index >= 15 is 0 Å². The molecule has 0 radical (unpaired) electrons. The minimum atomic E-state index is -0.541. The third kappa shape index (κ3) is 2.19. The van der Waals surface area contributed by atoms with E-state index < -0.39 is 5.91 Å². The molecule has 0 saturated carbocycles. The Bertz CT molecular complexity index is 735. The van der Waals surface area contributed by atoms with Gasteiger partial charge in [-0.05, 0) is 12.1 Å². The highest BCUT2D eigenvalue weighted by atomic mass is 16.3. The maximum atomic E-state index is 11.9. The molecule has 0 atom stereocenters. The number of nitrogen functional groups attached to an aromatic ring is 1. The first-order valence-corrected chi connectivity index (χ1v) is 5.58. The molecule has 0 aliphatic rings. The highest BCUT2D eigenvalue weighted by Gasteiger charge is 2.15. The zero-order chi connectivity index (χ0) is 13.9. The van der Waals surface area contributed by atoms with Gasteiger partial charge in [0.15, 0.2) is 23.1 Å². The molecule has 3 heterocycles. The van der Waals surface area contributed by atoms with E-state index in [1.807, 2.05) is 0 Å². The zero-order valence-corrected chi connectivity index (χ0v) is 10.1. The van der Waals surface area contributed by atoms with Crippen LogP contribution in [-0.2, 0) is 0 Å². The molecule has 20 heavy (non-hydrogen) atoms. The number of anilines is 2. The number of carbonyl (C=O) groups is 1. The van der Waals surface area contributed by atoms with Crippen LogP contribution >= 0.6 is 0 Å². The fourth-order valence-electron chi connectivity index (χ4n) is 1.53. The van der Waals surface area contributed by atoms with E-state index in [0.717, 1.165) is 0 Å². The molecule has 9 heteroatoms. The van der Waals surface area contributed by atoms with E-state index in [0.29, 0.717) is 11.6 Å². The normalized spacial score (nSPS) is 10.4. The van der Waals surface area contributed by atoms with Crippen LogP contribution in [0.25, 0.3) is 11.6 Å². The average Bonchev–Trinajstić information content (AvgIpc) is 3.09. The minimum Gasteiger partial charge on any atom is -0.461 e. The number of aromatic nitrogens is 5. The summed E-state index contributed by atoms with van der Waals surface area (Å²) in [7, 11) is 0. The molecule has 0 bridgehead atoms. The average molecular weight is 271 g/mol. The van der Waals surface area contributed by atoms with Gasteiger partial charge in [0.2, 0.25) is 5.95 Å². The smallest absolute Gasteiger partial charge is 0.280 e. The highest BCUT2D eigenvalue weighted by Crippen LogP contribution is 2.16. The second-order valence-electron chi connectivity index (χ2n) is 3.73. The van der Waals surface area contributed by atoms with Crippen LogP contribution in [0.3, 0.4) is 0 Å². The third-order valence-electron chi connectivity index (χ3n) is 2.41. The van der Waals surface area contributed by atoms with Crippen LogP contribution < -0.4 is 11.1 Å². The van der Waals surface area contributed by atoms with Crippen LogP contribution in [0.1, 0.15) is 10.5 Å². The largest absolute Gasteiger partial charge is 0.461 e. The summed E-state index contributed by atoms with van der Waals surface area (Å²) < 4.78 is 5.15. The lowest BCUT2D eigenvalue weighted by molar-refractivity contribution is 0.102. The van der Waals surface area contributed by atoms with Gasteiger partial charge in [-0.2, -0.15) is 4.98 Å². The minimum absolute atomic E-state index is 0.0110. The number of rotatable bonds is 3. The van der Waals surface area contributed by atoms with Crippen LogP contribution in [0.2, 0.25) is 0 Å². The first-order chi connectivity index (χ1) is 9.74. The summed E-state index contributed by atoms with van der Waals surface area (Å²) >= 11 is 0. The van der Waals surface area contributed by atoms with Gasteiger partial charge in [-0.25, -0.2) is 9.97 Å². The van der Waals surface area contributed by atoms with Crippen molar-refractivity contribution < 1.29 is 9.21 Å². The standard InChI is InChI=1S/C11H9N7O2/c12-8-7(13-3-4-14-8)10(19)16-11-15-9(17-18-11)6-2-1-5-20-6/h1-5H,(H2,12,14)(H2,15,16,17,18,19). The molecule has 0 aliphatic carbocycles. The number of hydrogen-bond donors (Lipinski definition) is 3. The van der Waals surface area contributed by atoms with Gasteiger partial charge in [0.25, 0.3) is 5.91 Å². The Kier molecular flexibility index (Phi) is 2.84.